The van der Waals surface area contributed by atoms with Crippen molar-refractivity contribution in [1.29, 1.82) is 0 Å². The Morgan fingerprint density at radius 2 is 1.00 bits per heavy atom. The van der Waals surface area contributed by atoms with Crippen LogP contribution in [0.25, 0.3) is 76.9 Å². The van der Waals surface area contributed by atoms with Gasteiger partial charge in [-0.25, -0.2) is 0 Å². The van der Waals surface area contributed by atoms with Crippen molar-refractivity contribution in [3.05, 3.63) is 163 Å². The average molecular weight is 642 g/mol. The summed E-state index contributed by atoms with van der Waals surface area (Å²) in [5.41, 5.74) is 14.2. The van der Waals surface area contributed by atoms with Crippen molar-refractivity contribution < 1.29 is 4.42 Å². The third-order valence-corrected chi connectivity index (χ3v) is 10.5. The van der Waals surface area contributed by atoms with Gasteiger partial charge in [0.2, 0.25) is 0 Å². The van der Waals surface area contributed by atoms with Crippen LogP contribution in [-0.4, -0.2) is 0 Å². The summed E-state index contributed by atoms with van der Waals surface area (Å²) in [5.74, 6) is 0. The molecule has 0 bridgehead atoms. The molecule has 1 aromatic heterocycles. The Hall–Kier alpha value is -6.12. The van der Waals surface area contributed by atoms with Gasteiger partial charge in [-0.3, -0.25) is 0 Å². The summed E-state index contributed by atoms with van der Waals surface area (Å²) in [5, 5.41) is 7.30. The van der Waals surface area contributed by atoms with Crippen molar-refractivity contribution >= 4 is 60.5 Å². The zero-order valence-corrected chi connectivity index (χ0v) is 28.4. The van der Waals surface area contributed by atoms with E-state index in [2.05, 4.69) is 171 Å². The molecule has 0 N–H and O–H groups in total. The SMILES string of the molecule is CC(C)(C)c1cccc(N(c2ccc3cc4c(cc3c2)-c2cc3cc(-c5ccccc5)ccc3cc2-4)c2ccc3c(c2)oc2ccccc23)c1. The first-order chi connectivity index (χ1) is 24.4. The first kappa shape index (κ1) is 28.9. The van der Waals surface area contributed by atoms with Gasteiger partial charge in [0.25, 0.3) is 0 Å². The molecule has 0 atom stereocenters. The fourth-order valence-corrected chi connectivity index (χ4v) is 7.77. The number of nitrogens with zero attached hydrogens (tertiary/aromatic N) is 1. The number of furan rings is 1. The van der Waals surface area contributed by atoms with E-state index in [0.717, 1.165) is 39.0 Å². The Kier molecular flexibility index (Phi) is 6.17. The number of anilines is 3. The van der Waals surface area contributed by atoms with Gasteiger partial charge in [0.05, 0.1) is 0 Å². The van der Waals surface area contributed by atoms with Crippen LogP contribution in [0.5, 0.6) is 0 Å². The molecule has 0 saturated carbocycles. The molecule has 2 heteroatoms. The van der Waals surface area contributed by atoms with Crippen LogP contribution >= 0.6 is 0 Å². The maximum atomic E-state index is 6.37. The lowest BCUT2D eigenvalue weighted by Gasteiger charge is -2.29. The fraction of sp³-hybridized carbons (Fsp3) is 0.0833. The van der Waals surface area contributed by atoms with Crippen molar-refractivity contribution in [2.24, 2.45) is 0 Å². The van der Waals surface area contributed by atoms with Crippen LogP contribution in [-0.2, 0) is 5.41 Å². The van der Waals surface area contributed by atoms with Gasteiger partial charge >= 0.3 is 0 Å². The second-order valence-electron chi connectivity index (χ2n) is 14.7. The third-order valence-electron chi connectivity index (χ3n) is 10.5. The molecule has 0 saturated heterocycles. The summed E-state index contributed by atoms with van der Waals surface area (Å²) in [6.45, 7) is 6.82. The third kappa shape index (κ3) is 4.56. The van der Waals surface area contributed by atoms with Crippen molar-refractivity contribution in [1.82, 2.24) is 0 Å². The van der Waals surface area contributed by atoms with Crippen molar-refractivity contribution in [2.45, 2.75) is 26.2 Å². The summed E-state index contributed by atoms with van der Waals surface area (Å²) in [6.07, 6.45) is 0. The van der Waals surface area contributed by atoms with E-state index in [9.17, 15) is 0 Å². The molecule has 50 heavy (non-hydrogen) atoms. The van der Waals surface area contributed by atoms with Crippen LogP contribution in [0.4, 0.5) is 17.1 Å². The number of benzene rings is 8. The molecule has 0 aliphatic heterocycles. The second-order valence-corrected chi connectivity index (χ2v) is 14.7. The fourth-order valence-electron chi connectivity index (χ4n) is 7.77. The molecule has 2 nitrogen and oxygen atoms in total. The van der Waals surface area contributed by atoms with E-state index in [4.69, 9.17) is 4.42 Å². The zero-order valence-electron chi connectivity index (χ0n) is 28.4. The van der Waals surface area contributed by atoms with Gasteiger partial charge < -0.3 is 9.32 Å². The van der Waals surface area contributed by atoms with E-state index < -0.39 is 0 Å². The normalized spacial score (nSPS) is 12.3. The molecule has 1 aliphatic rings. The number of fused-ring (bicyclic) bond motifs is 9. The van der Waals surface area contributed by atoms with E-state index in [1.165, 1.54) is 60.5 Å². The van der Waals surface area contributed by atoms with Gasteiger partial charge in [0.1, 0.15) is 11.2 Å². The summed E-state index contributed by atoms with van der Waals surface area (Å²) >= 11 is 0. The first-order valence-corrected chi connectivity index (χ1v) is 17.4. The largest absolute Gasteiger partial charge is 0.456 e. The maximum absolute atomic E-state index is 6.37. The predicted octanol–water partition coefficient (Wildman–Crippen LogP) is 14.0. The van der Waals surface area contributed by atoms with Crippen LogP contribution in [0.3, 0.4) is 0 Å². The molecule has 9 aromatic rings. The molecule has 8 aromatic carbocycles. The van der Waals surface area contributed by atoms with E-state index in [0.29, 0.717) is 0 Å². The minimum Gasteiger partial charge on any atom is -0.456 e. The van der Waals surface area contributed by atoms with Crippen LogP contribution < -0.4 is 4.90 Å². The van der Waals surface area contributed by atoms with E-state index in [-0.39, 0.29) is 5.41 Å². The minimum absolute atomic E-state index is 0.0233. The number of para-hydroxylation sites is 1. The predicted molar refractivity (Wildman–Crippen MR) is 212 cm³/mol. The van der Waals surface area contributed by atoms with Crippen molar-refractivity contribution in [3.63, 3.8) is 0 Å². The van der Waals surface area contributed by atoms with E-state index >= 15 is 0 Å². The highest BCUT2D eigenvalue weighted by molar-refractivity contribution is 6.12. The molecular weight excluding hydrogens is 607 g/mol. The molecule has 0 radical (unpaired) electrons. The molecular formula is C48H35NO. The lowest BCUT2D eigenvalue weighted by molar-refractivity contribution is 0.590. The molecule has 0 fully saturated rings. The van der Waals surface area contributed by atoms with Gasteiger partial charge in [-0.05, 0) is 139 Å². The van der Waals surface area contributed by atoms with Crippen LogP contribution in [0.15, 0.2) is 162 Å². The van der Waals surface area contributed by atoms with Crippen molar-refractivity contribution in [3.8, 4) is 33.4 Å². The summed E-state index contributed by atoms with van der Waals surface area (Å²) < 4.78 is 6.37. The second kappa shape index (κ2) is 10.7. The quantitative estimate of drug-likeness (QED) is 0.190. The summed E-state index contributed by atoms with van der Waals surface area (Å²) in [7, 11) is 0. The molecule has 0 unspecified atom stereocenters. The highest BCUT2D eigenvalue weighted by Gasteiger charge is 2.25. The molecule has 0 amide bonds. The number of hydrogen-bond acceptors (Lipinski definition) is 2. The zero-order chi connectivity index (χ0) is 33.6. The highest BCUT2D eigenvalue weighted by atomic mass is 16.3. The van der Waals surface area contributed by atoms with Gasteiger partial charge in [-0.15, -0.1) is 0 Å². The Bertz CT molecular complexity index is 2800. The minimum atomic E-state index is 0.0233. The van der Waals surface area contributed by atoms with Gasteiger partial charge in [-0.1, -0.05) is 99.6 Å². The van der Waals surface area contributed by atoms with Crippen molar-refractivity contribution in [2.75, 3.05) is 4.90 Å². The molecule has 1 heterocycles. The Balaban J connectivity index is 1.10. The Morgan fingerprint density at radius 1 is 0.400 bits per heavy atom. The smallest absolute Gasteiger partial charge is 0.137 e. The van der Waals surface area contributed by atoms with Crippen LogP contribution in [0, 0.1) is 0 Å². The molecule has 0 spiro atoms. The lowest BCUT2D eigenvalue weighted by atomic mass is 9.77. The number of rotatable bonds is 4. The maximum Gasteiger partial charge on any atom is 0.137 e. The van der Waals surface area contributed by atoms with E-state index in [1.807, 2.05) is 12.1 Å². The monoisotopic (exact) mass is 641 g/mol. The highest BCUT2D eigenvalue weighted by Crippen LogP contribution is 2.51. The summed E-state index contributed by atoms with van der Waals surface area (Å²) in [4.78, 5) is 2.37. The van der Waals surface area contributed by atoms with Crippen LogP contribution in [0.1, 0.15) is 26.3 Å². The van der Waals surface area contributed by atoms with Crippen LogP contribution in [0.2, 0.25) is 0 Å². The lowest BCUT2D eigenvalue weighted by Crippen LogP contribution is -2.14. The van der Waals surface area contributed by atoms with E-state index in [1.54, 1.807) is 0 Å². The summed E-state index contributed by atoms with van der Waals surface area (Å²) in [6, 6.07) is 57.7. The Labute approximate surface area is 291 Å². The standard InChI is InChI=1S/C48H35NO/c1-48(2,3)36-12-9-13-37(28-36)49(39-20-21-41-40-14-7-8-15-46(40)50-47(41)29-39)38-19-18-33-25-43-42-24-32-17-16-31(30-10-5-4-6-11-30)22-34(32)26-44(42)45(43)27-35(33)23-38/h4-29H,1-3H3. The van der Waals surface area contributed by atoms with Gasteiger partial charge in [0, 0.05) is 33.9 Å². The average Bonchev–Trinajstić information content (AvgIpc) is 3.51. The molecule has 1 aliphatic carbocycles. The topological polar surface area (TPSA) is 16.4 Å². The van der Waals surface area contributed by atoms with Gasteiger partial charge in [-0.2, -0.15) is 0 Å². The first-order valence-electron chi connectivity index (χ1n) is 17.4. The molecule has 10 rings (SSSR count). The van der Waals surface area contributed by atoms with Gasteiger partial charge in [0.15, 0.2) is 0 Å². The number of hydrogen-bond donors (Lipinski definition) is 0. The molecule has 238 valence electrons. The Morgan fingerprint density at radius 3 is 1.76 bits per heavy atom.